The Balaban J connectivity index is 0.00000364. The molecule has 7 nitrogen and oxygen atoms in total. The Morgan fingerprint density at radius 3 is 2.48 bits per heavy atom. The minimum Gasteiger partial charge on any atom is -0.492 e. The van der Waals surface area contributed by atoms with Gasteiger partial charge in [-0.1, -0.05) is 6.07 Å². The van der Waals surface area contributed by atoms with Gasteiger partial charge < -0.3 is 25.4 Å². The molecule has 1 aliphatic rings. The number of aliphatic imine (C=N–C) groups is 1. The maximum Gasteiger partial charge on any atom is 0.409 e. The molecule has 1 fully saturated rings. The third-order valence-corrected chi connectivity index (χ3v) is 4.21. The number of halogens is 1. The van der Waals surface area contributed by atoms with E-state index >= 15 is 0 Å². The normalized spacial score (nSPS) is 15.1. The summed E-state index contributed by atoms with van der Waals surface area (Å²) in [6.45, 7) is 8.62. The molecule has 1 heterocycles. The number of likely N-dealkylation sites (tertiary alicyclic amines) is 1. The van der Waals surface area contributed by atoms with E-state index in [2.05, 4.69) is 16.4 Å². The second kappa shape index (κ2) is 11.9. The van der Waals surface area contributed by atoms with E-state index in [9.17, 15) is 4.79 Å². The first kappa shape index (κ1) is 23.3. The van der Waals surface area contributed by atoms with Gasteiger partial charge in [0.25, 0.3) is 0 Å². The fourth-order valence-electron chi connectivity index (χ4n) is 3.02. The fraction of sp³-hybridized carbons (Fsp3) is 0.579. The number of piperidine rings is 1. The molecule has 0 saturated carbocycles. The predicted octanol–water partition coefficient (Wildman–Crippen LogP) is 2.83. The van der Waals surface area contributed by atoms with E-state index < -0.39 is 0 Å². The summed E-state index contributed by atoms with van der Waals surface area (Å²) in [4.78, 5) is 17.7. The van der Waals surface area contributed by atoms with Crippen LogP contribution in [0.1, 0.15) is 30.9 Å². The third-order valence-electron chi connectivity index (χ3n) is 4.21. The van der Waals surface area contributed by atoms with Gasteiger partial charge in [0.2, 0.25) is 0 Å². The van der Waals surface area contributed by atoms with Crippen LogP contribution in [-0.4, -0.2) is 55.8 Å². The minimum atomic E-state index is -0.240. The zero-order valence-electron chi connectivity index (χ0n) is 16.4. The van der Waals surface area contributed by atoms with Crippen LogP contribution in [0.4, 0.5) is 4.79 Å². The van der Waals surface area contributed by atoms with Gasteiger partial charge in [-0.25, -0.2) is 9.79 Å². The van der Waals surface area contributed by atoms with Crippen LogP contribution in [-0.2, 0) is 4.74 Å². The monoisotopic (exact) mass is 490 g/mol. The van der Waals surface area contributed by atoms with Gasteiger partial charge in [0, 0.05) is 19.1 Å². The van der Waals surface area contributed by atoms with Crippen molar-refractivity contribution >= 4 is 36.0 Å². The number of amides is 1. The molecule has 1 aromatic rings. The summed E-state index contributed by atoms with van der Waals surface area (Å²) in [5, 5.41) is 3.22. The van der Waals surface area contributed by atoms with E-state index in [4.69, 9.17) is 15.2 Å². The number of hydrogen-bond acceptors (Lipinski definition) is 4. The van der Waals surface area contributed by atoms with E-state index in [1.807, 2.05) is 32.9 Å². The van der Waals surface area contributed by atoms with Gasteiger partial charge in [0.05, 0.1) is 13.2 Å². The summed E-state index contributed by atoms with van der Waals surface area (Å²) >= 11 is 0. The first-order chi connectivity index (χ1) is 12.5. The van der Waals surface area contributed by atoms with Crippen LogP contribution >= 0.6 is 24.0 Å². The van der Waals surface area contributed by atoms with E-state index in [0.717, 1.165) is 18.6 Å². The van der Waals surface area contributed by atoms with Gasteiger partial charge in [0.1, 0.15) is 12.4 Å². The van der Waals surface area contributed by atoms with Crippen LogP contribution in [0.2, 0.25) is 0 Å². The maximum atomic E-state index is 11.7. The second-order valence-electron chi connectivity index (χ2n) is 6.54. The highest BCUT2D eigenvalue weighted by molar-refractivity contribution is 14.0. The molecular weight excluding hydrogens is 459 g/mol. The Morgan fingerprint density at radius 2 is 1.89 bits per heavy atom. The van der Waals surface area contributed by atoms with E-state index in [1.165, 1.54) is 11.1 Å². The van der Waals surface area contributed by atoms with E-state index in [1.54, 1.807) is 4.90 Å². The molecule has 8 heteroatoms. The van der Waals surface area contributed by atoms with Crippen molar-refractivity contribution in [3.8, 4) is 5.75 Å². The standard InChI is InChI=1S/C19H30N4O3.HI/c1-4-25-19(24)23-8-5-16(6-9-23)22-18(20)21-7-10-26-17-12-14(2)11-15(3)13-17;/h11-13,16H,4-10H2,1-3H3,(H3,20,21,22);1H. The Labute approximate surface area is 178 Å². The topological polar surface area (TPSA) is 89.2 Å². The predicted molar refractivity (Wildman–Crippen MR) is 118 cm³/mol. The van der Waals surface area contributed by atoms with Gasteiger partial charge in [0.15, 0.2) is 5.96 Å². The SMILES string of the molecule is CCOC(=O)N1CCC(NC(N)=NCCOc2cc(C)cc(C)c2)CC1.I. The molecule has 1 aromatic carbocycles. The van der Waals surface area contributed by atoms with Gasteiger partial charge in [-0.3, -0.25) is 0 Å². The number of nitrogens with two attached hydrogens (primary N) is 1. The first-order valence-corrected chi connectivity index (χ1v) is 9.17. The zero-order valence-corrected chi connectivity index (χ0v) is 18.7. The molecule has 1 saturated heterocycles. The number of carbonyl (C=O) groups excluding carboxylic acids is 1. The lowest BCUT2D eigenvalue weighted by molar-refractivity contribution is 0.0963. The molecule has 0 aromatic heterocycles. The lowest BCUT2D eigenvalue weighted by atomic mass is 10.1. The minimum absolute atomic E-state index is 0. The molecular formula is C19H31IN4O3. The first-order valence-electron chi connectivity index (χ1n) is 9.17. The Bertz CT molecular complexity index is 611. The van der Waals surface area contributed by atoms with Crippen LogP contribution in [0.15, 0.2) is 23.2 Å². The summed E-state index contributed by atoms with van der Waals surface area (Å²) in [6.07, 6.45) is 1.42. The van der Waals surface area contributed by atoms with Crippen LogP contribution in [0.3, 0.4) is 0 Å². The molecule has 0 bridgehead atoms. The molecule has 0 radical (unpaired) electrons. The van der Waals surface area contributed by atoms with Crippen molar-refractivity contribution in [3.63, 3.8) is 0 Å². The number of hydrogen-bond donors (Lipinski definition) is 2. The van der Waals surface area contributed by atoms with E-state index in [-0.39, 0.29) is 36.1 Å². The molecule has 152 valence electrons. The molecule has 2 rings (SSSR count). The van der Waals surface area contributed by atoms with Crippen LogP contribution < -0.4 is 15.8 Å². The summed E-state index contributed by atoms with van der Waals surface area (Å²) < 4.78 is 10.7. The highest BCUT2D eigenvalue weighted by Gasteiger charge is 2.23. The number of aryl methyl sites for hydroxylation is 2. The van der Waals surface area contributed by atoms with Crippen molar-refractivity contribution in [2.45, 2.75) is 39.7 Å². The Morgan fingerprint density at radius 1 is 1.26 bits per heavy atom. The van der Waals surface area contributed by atoms with Gasteiger partial charge >= 0.3 is 6.09 Å². The highest BCUT2D eigenvalue weighted by Crippen LogP contribution is 2.16. The second-order valence-corrected chi connectivity index (χ2v) is 6.54. The molecule has 1 amide bonds. The lowest BCUT2D eigenvalue weighted by Gasteiger charge is -2.31. The van der Waals surface area contributed by atoms with Crippen LogP contribution in [0.25, 0.3) is 0 Å². The average molecular weight is 490 g/mol. The van der Waals surface area contributed by atoms with Crippen molar-refractivity contribution in [2.24, 2.45) is 10.7 Å². The molecule has 0 aliphatic carbocycles. The summed E-state index contributed by atoms with van der Waals surface area (Å²) in [6, 6.07) is 6.36. The van der Waals surface area contributed by atoms with Gasteiger partial charge in [-0.05, 0) is 56.9 Å². The Hall–Kier alpha value is -1.71. The van der Waals surface area contributed by atoms with Crippen molar-refractivity contribution in [3.05, 3.63) is 29.3 Å². The highest BCUT2D eigenvalue weighted by atomic mass is 127. The number of benzene rings is 1. The average Bonchev–Trinajstić information content (AvgIpc) is 2.59. The summed E-state index contributed by atoms with van der Waals surface area (Å²) in [5.41, 5.74) is 8.31. The largest absolute Gasteiger partial charge is 0.492 e. The van der Waals surface area contributed by atoms with Crippen LogP contribution in [0.5, 0.6) is 5.75 Å². The number of carbonyl (C=O) groups is 1. The lowest BCUT2D eigenvalue weighted by Crippen LogP contribution is -2.48. The molecule has 0 unspecified atom stereocenters. The zero-order chi connectivity index (χ0) is 18.9. The molecule has 0 spiro atoms. The van der Waals surface area contributed by atoms with Crippen molar-refractivity contribution in [2.75, 3.05) is 32.8 Å². The van der Waals surface area contributed by atoms with Crippen molar-refractivity contribution < 1.29 is 14.3 Å². The summed E-state index contributed by atoms with van der Waals surface area (Å²) in [5.74, 6) is 1.28. The van der Waals surface area contributed by atoms with Crippen molar-refractivity contribution in [1.82, 2.24) is 10.2 Å². The molecule has 1 aliphatic heterocycles. The molecule has 27 heavy (non-hydrogen) atoms. The molecule has 0 atom stereocenters. The van der Waals surface area contributed by atoms with Gasteiger partial charge in [-0.2, -0.15) is 0 Å². The van der Waals surface area contributed by atoms with Crippen LogP contribution in [0, 0.1) is 13.8 Å². The molecule has 3 N–H and O–H groups in total. The Kier molecular flexibility index (Phi) is 10.3. The van der Waals surface area contributed by atoms with Gasteiger partial charge in [-0.15, -0.1) is 24.0 Å². The number of guanidine groups is 1. The third kappa shape index (κ3) is 8.23. The number of nitrogens with zero attached hydrogens (tertiary/aromatic N) is 2. The number of nitrogens with one attached hydrogen (secondary N) is 1. The number of rotatable bonds is 6. The summed E-state index contributed by atoms with van der Waals surface area (Å²) in [7, 11) is 0. The fourth-order valence-corrected chi connectivity index (χ4v) is 3.02. The smallest absolute Gasteiger partial charge is 0.409 e. The van der Waals surface area contributed by atoms with Crippen molar-refractivity contribution in [1.29, 1.82) is 0 Å². The quantitative estimate of drug-likeness (QED) is 0.277. The van der Waals surface area contributed by atoms with E-state index in [0.29, 0.717) is 38.8 Å². The maximum absolute atomic E-state index is 11.7. The number of ether oxygens (including phenoxy) is 2.